The SMILES string of the molecule is CCC(C)N(CC(=O)O)C(=O)c1cncc(-c2ccc3c(c2)CCO3)c1. The van der Waals surface area contributed by atoms with Gasteiger partial charge in [0.15, 0.2) is 0 Å². The molecule has 1 atom stereocenters. The number of carbonyl (C=O) groups excluding carboxylic acids is 1. The number of nitrogens with zero attached hydrogens (tertiary/aromatic N) is 2. The van der Waals surface area contributed by atoms with Crippen molar-refractivity contribution in [3.63, 3.8) is 0 Å². The summed E-state index contributed by atoms with van der Waals surface area (Å²) in [6, 6.07) is 7.53. The third-order valence-electron chi connectivity index (χ3n) is 4.70. The van der Waals surface area contributed by atoms with Gasteiger partial charge < -0.3 is 14.7 Å². The van der Waals surface area contributed by atoms with Crippen LogP contribution in [0.3, 0.4) is 0 Å². The maximum absolute atomic E-state index is 12.9. The number of carboxylic acid groups (broad SMARTS) is 1. The fraction of sp³-hybridized carbons (Fsp3) is 0.350. The van der Waals surface area contributed by atoms with Crippen molar-refractivity contribution in [1.29, 1.82) is 0 Å². The molecule has 2 heterocycles. The zero-order valence-corrected chi connectivity index (χ0v) is 14.9. The minimum Gasteiger partial charge on any atom is -0.493 e. The Morgan fingerprint density at radius 1 is 1.27 bits per heavy atom. The Morgan fingerprint density at radius 3 is 2.81 bits per heavy atom. The third-order valence-corrected chi connectivity index (χ3v) is 4.70. The van der Waals surface area contributed by atoms with Crippen LogP contribution >= 0.6 is 0 Å². The van der Waals surface area contributed by atoms with E-state index >= 15 is 0 Å². The van der Waals surface area contributed by atoms with Crippen molar-refractivity contribution in [2.75, 3.05) is 13.2 Å². The molecule has 2 aromatic rings. The van der Waals surface area contributed by atoms with E-state index < -0.39 is 5.97 Å². The highest BCUT2D eigenvalue weighted by Crippen LogP contribution is 2.30. The van der Waals surface area contributed by atoms with Crippen molar-refractivity contribution in [1.82, 2.24) is 9.88 Å². The Kier molecular flexibility index (Phi) is 5.21. The van der Waals surface area contributed by atoms with Crippen molar-refractivity contribution in [2.24, 2.45) is 0 Å². The second-order valence-corrected chi connectivity index (χ2v) is 6.47. The molecule has 0 saturated heterocycles. The highest BCUT2D eigenvalue weighted by Gasteiger charge is 2.23. The standard InChI is InChI=1S/C20H22N2O4/c1-3-13(2)22(12-19(23)24)20(25)17-9-16(10-21-11-17)14-4-5-18-15(8-14)6-7-26-18/h4-5,8-11,13H,3,6-7,12H2,1-2H3,(H,23,24). The molecule has 1 aliphatic heterocycles. The number of rotatable bonds is 6. The molecule has 1 aliphatic rings. The van der Waals surface area contributed by atoms with Crippen LogP contribution < -0.4 is 4.74 Å². The lowest BCUT2D eigenvalue weighted by Gasteiger charge is -2.27. The molecule has 0 spiro atoms. The average molecular weight is 354 g/mol. The van der Waals surface area contributed by atoms with E-state index in [1.807, 2.05) is 26.0 Å². The van der Waals surface area contributed by atoms with Crippen LogP contribution in [0.1, 0.15) is 36.2 Å². The van der Waals surface area contributed by atoms with Crippen molar-refractivity contribution < 1.29 is 19.4 Å². The van der Waals surface area contributed by atoms with Crippen molar-refractivity contribution in [3.05, 3.63) is 47.8 Å². The Labute approximate surface area is 152 Å². The number of fused-ring (bicyclic) bond motifs is 1. The minimum atomic E-state index is -1.03. The van der Waals surface area contributed by atoms with Gasteiger partial charge in [-0.1, -0.05) is 13.0 Å². The average Bonchev–Trinajstić information content (AvgIpc) is 3.12. The molecule has 0 fully saturated rings. The van der Waals surface area contributed by atoms with Crippen molar-refractivity contribution in [3.8, 4) is 16.9 Å². The molecular formula is C20H22N2O4. The summed E-state index contributed by atoms with van der Waals surface area (Å²) in [6.07, 6.45) is 4.74. The van der Waals surface area contributed by atoms with Crippen LogP contribution in [0, 0.1) is 0 Å². The molecule has 0 bridgehead atoms. The molecule has 26 heavy (non-hydrogen) atoms. The van der Waals surface area contributed by atoms with Crippen LogP contribution in [0.25, 0.3) is 11.1 Å². The predicted molar refractivity (Wildman–Crippen MR) is 97.3 cm³/mol. The second-order valence-electron chi connectivity index (χ2n) is 6.47. The smallest absolute Gasteiger partial charge is 0.323 e. The van der Waals surface area contributed by atoms with Gasteiger partial charge in [-0.25, -0.2) is 0 Å². The quantitative estimate of drug-likeness (QED) is 0.862. The molecule has 6 nitrogen and oxygen atoms in total. The molecule has 1 aromatic carbocycles. The van der Waals surface area contributed by atoms with Gasteiger partial charge in [0.25, 0.3) is 5.91 Å². The van der Waals surface area contributed by atoms with Gasteiger partial charge in [0, 0.05) is 30.4 Å². The molecular weight excluding hydrogens is 332 g/mol. The van der Waals surface area contributed by atoms with Gasteiger partial charge in [0.2, 0.25) is 0 Å². The number of aliphatic carboxylic acids is 1. The fourth-order valence-corrected chi connectivity index (χ4v) is 3.04. The number of carbonyl (C=O) groups is 2. The van der Waals surface area contributed by atoms with E-state index in [-0.39, 0.29) is 18.5 Å². The van der Waals surface area contributed by atoms with Crippen molar-refractivity contribution in [2.45, 2.75) is 32.7 Å². The van der Waals surface area contributed by atoms with E-state index in [0.29, 0.717) is 18.6 Å². The topological polar surface area (TPSA) is 79.7 Å². The number of hydrogen-bond donors (Lipinski definition) is 1. The summed E-state index contributed by atoms with van der Waals surface area (Å²) in [5.74, 6) is -0.444. The molecule has 1 N–H and O–H groups in total. The van der Waals surface area contributed by atoms with E-state index in [1.54, 1.807) is 12.3 Å². The molecule has 3 rings (SSSR count). The lowest BCUT2D eigenvalue weighted by Crippen LogP contribution is -2.41. The number of benzene rings is 1. The third kappa shape index (κ3) is 3.69. The number of pyridine rings is 1. The largest absolute Gasteiger partial charge is 0.493 e. The highest BCUT2D eigenvalue weighted by atomic mass is 16.5. The van der Waals surface area contributed by atoms with E-state index in [4.69, 9.17) is 9.84 Å². The van der Waals surface area contributed by atoms with Crippen LogP contribution in [0.4, 0.5) is 0 Å². The van der Waals surface area contributed by atoms with Gasteiger partial charge >= 0.3 is 5.97 Å². The lowest BCUT2D eigenvalue weighted by molar-refractivity contribution is -0.138. The summed E-state index contributed by atoms with van der Waals surface area (Å²) in [4.78, 5) is 29.6. The zero-order valence-electron chi connectivity index (χ0n) is 14.9. The first kappa shape index (κ1) is 17.9. The van der Waals surface area contributed by atoms with Gasteiger partial charge in [-0.05, 0) is 42.7 Å². The number of amides is 1. The van der Waals surface area contributed by atoms with Gasteiger partial charge in [-0.2, -0.15) is 0 Å². The van der Waals surface area contributed by atoms with Gasteiger partial charge in [-0.15, -0.1) is 0 Å². The van der Waals surface area contributed by atoms with Gasteiger partial charge in [-0.3, -0.25) is 14.6 Å². The Hall–Kier alpha value is -2.89. The van der Waals surface area contributed by atoms with Crippen LogP contribution in [0.5, 0.6) is 5.75 Å². The first-order valence-electron chi connectivity index (χ1n) is 8.73. The normalized spacial score (nSPS) is 13.6. The Balaban J connectivity index is 1.90. The Bertz CT molecular complexity index is 834. The number of carboxylic acids is 1. The molecule has 0 radical (unpaired) electrons. The van der Waals surface area contributed by atoms with Crippen LogP contribution in [0.2, 0.25) is 0 Å². The monoisotopic (exact) mass is 354 g/mol. The highest BCUT2D eigenvalue weighted by molar-refractivity contribution is 5.96. The summed E-state index contributed by atoms with van der Waals surface area (Å²) in [7, 11) is 0. The summed E-state index contributed by atoms with van der Waals surface area (Å²) in [5, 5.41) is 9.12. The molecule has 136 valence electrons. The maximum Gasteiger partial charge on any atom is 0.323 e. The molecule has 0 saturated carbocycles. The van der Waals surface area contributed by atoms with Crippen LogP contribution in [0.15, 0.2) is 36.7 Å². The molecule has 1 unspecified atom stereocenters. The van der Waals surface area contributed by atoms with Crippen LogP contribution in [-0.4, -0.2) is 46.1 Å². The lowest BCUT2D eigenvalue weighted by atomic mass is 10.0. The maximum atomic E-state index is 12.9. The van der Waals surface area contributed by atoms with E-state index in [1.165, 1.54) is 11.1 Å². The first-order chi connectivity index (χ1) is 12.5. The molecule has 1 aromatic heterocycles. The fourth-order valence-electron chi connectivity index (χ4n) is 3.04. The van der Waals surface area contributed by atoms with E-state index in [9.17, 15) is 9.59 Å². The number of ether oxygens (including phenoxy) is 1. The predicted octanol–water partition coefficient (Wildman–Crippen LogP) is 3.01. The number of aromatic nitrogens is 1. The summed E-state index contributed by atoms with van der Waals surface area (Å²) in [6.45, 7) is 4.13. The van der Waals surface area contributed by atoms with Crippen LogP contribution in [-0.2, 0) is 11.2 Å². The van der Waals surface area contributed by atoms with Gasteiger partial charge in [0.1, 0.15) is 12.3 Å². The number of hydrogen-bond acceptors (Lipinski definition) is 4. The van der Waals surface area contributed by atoms with Crippen molar-refractivity contribution >= 4 is 11.9 Å². The zero-order chi connectivity index (χ0) is 18.7. The second kappa shape index (κ2) is 7.56. The molecule has 6 heteroatoms. The van der Waals surface area contributed by atoms with E-state index in [2.05, 4.69) is 11.1 Å². The summed E-state index contributed by atoms with van der Waals surface area (Å²) >= 11 is 0. The molecule has 1 amide bonds. The molecule has 0 aliphatic carbocycles. The van der Waals surface area contributed by atoms with Gasteiger partial charge in [0.05, 0.1) is 12.2 Å². The summed E-state index contributed by atoms with van der Waals surface area (Å²) < 4.78 is 5.53. The first-order valence-corrected chi connectivity index (χ1v) is 8.73. The minimum absolute atomic E-state index is 0.167. The summed E-state index contributed by atoms with van der Waals surface area (Å²) in [5.41, 5.74) is 3.32. The Morgan fingerprint density at radius 2 is 2.08 bits per heavy atom. The van der Waals surface area contributed by atoms with E-state index in [0.717, 1.165) is 28.9 Å².